The van der Waals surface area contributed by atoms with E-state index in [4.69, 9.17) is 9.15 Å². The molecule has 0 radical (unpaired) electrons. The van der Waals surface area contributed by atoms with Gasteiger partial charge in [0.2, 0.25) is 5.91 Å². The fraction of sp³-hybridized carbons (Fsp3) is 0.368. The summed E-state index contributed by atoms with van der Waals surface area (Å²) in [5.74, 6) is 0.851. The lowest BCUT2D eigenvalue weighted by molar-refractivity contribution is -0.121. The standard InChI is InChI=1S/C19H22N2O4/c1-14(22)20-19(15-6-3-4-7-16(15)24-2)9-11-21(12-10-19)18(23)17-8-5-13-25-17/h3-8,13H,9-12H2,1-2H3,(H,20,22). The molecule has 6 heteroatoms. The Labute approximate surface area is 146 Å². The Balaban J connectivity index is 1.85. The first kappa shape index (κ1) is 17.1. The molecule has 0 unspecified atom stereocenters. The van der Waals surface area contributed by atoms with Gasteiger partial charge in [-0.15, -0.1) is 0 Å². The van der Waals surface area contributed by atoms with Crippen molar-refractivity contribution < 1.29 is 18.7 Å². The van der Waals surface area contributed by atoms with Crippen LogP contribution in [-0.4, -0.2) is 36.9 Å². The number of carbonyl (C=O) groups excluding carboxylic acids is 2. The van der Waals surface area contributed by atoms with Gasteiger partial charge >= 0.3 is 0 Å². The summed E-state index contributed by atoms with van der Waals surface area (Å²) in [5, 5.41) is 3.10. The molecule has 1 aliphatic rings. The SMILES string of the molecule is COc1ccccc1C1(NC(C)=O)CCN(C(=O)c2ccco2)CC1. The Morgan fingerprint density at radius 1 is 1.16 bits per heavy atom. The average molecular weight is 342 g/mol. The Bertz CT molecular complexity index is 747. The molecule has 25 heavy (non-hydrogen) atoms. The zero-order valence-corrected chi connectivity index (χ0v) is 14.5. The van der Waals surface area contributed by atoms with Crippen molar-refractivity contribution in [2.45, 2.75) is 25.3 Å². The summed E-state index contributed by atoms with van der Waals surface area (Å²) in [7, 11) is 1.62. The van der Waals surface area contributed by atoms with E-state index in [1.165, 1.54) is 13.2 Å². The molecule has 0 bridgehead atoms. The summed E-state index contributed by atoms with van der Waals surface area (Å²) >= 11 is 0. The van der Waals surface area contributed by atoms with Gasteiger partial charge in [-0.25, -0.2) is 0 Å². The van der Waals surface area contributed by atoms with Crippen LogP contribution in [0.4, 0.5) is 0 Å². The Kier molecular flexibility index (Phi) is 4.79. The van der Waals surface area contributed by atoms with Crippen molar-refractivity contribution in [2.24, 2.45) is 0 Å². The van der Waals surface area contributed by atoms with Crippen LogP contribution < -0.4 is 10.1 Å². The second-order valence-electron chi connectivity index (χ2n) is 6.23. The van der Waals surface area contributed by atoms with Crippen LogP contribution in [0.5, 0.6) is 5.75 Å². The number of methoxy groups -OCH3 is 1. The molecule has 2 aromatic rings. The highest BCUT2D eigenvalue weighted by molar-refractivity contribution is 5.91. The lowest BCUT2D eigenvalue weighted by atomic mass is 9.80. The van der Waals surface area contributed by atoms with Gasteiger partial charge in [0.15, 0.2) is 5.76 Å². The first-order valence-electron chi connectivity index (χ1n) is 8.31. The van der Waals surface area contributed by atoms with Crippen molar-refractivity contribution >= 4 is 11.8 Å². The minimum Gasteiger partial charge on any atom is -0.496 e. The molecular formula is C19H22N2O4. The van der Waals surface area contributed by atoms with Gasteiger partial charge in [0.25, 0.3) is 5.91 Å². The van der Waals surface area contributed by atoms with Crippen LogP contribution in [-0.2, 0) is 10.3 Å². The number of hydrogen-bond donors (Lipinski definition) is 1. The topological polar surface area (TPSA) is 71.8 Å². The molecule has 6 nitrogen and oxygen atoms in total. The molecular weight excluding hydrogens is 320 g/mol. The fourth-order valence-electron chi connectivity index (χ4n) is 3.49. The smallest absolute Gasteiger partial charge is 0.289 e. The molecule has 0 spiro atoms. The lowest BCUT2D eigenvalue weighted by Crippen LogP contribution is -2.53. The van der Waals surface area contributed by atoms with Gasteiger partial charge in [-0.1, -0.05) is 18.2 Å². The van der Waals surface area contributed by atoms with Gasteiger partial charge in [0, 0.05) is 25.6 Å². The number of rotatable bonds is 4. The van der Waals surface area contributed by atoms with Crippen molar-refractivity contribution in [1.82, 2.24) is 10.2 Å². The highest BCUT2D eigenvalue weighted by Crippen LogP contribution is 2.38. The number of likely N-dealkylation sites (tertiary alicyclic amines) is 1. The van der Waals surface area contributed by atoms with Crippen LogP contribution in [0.1, 0.15) is 35.9 Å². The minimum absolute atomic E-state index is 0.100. The number of amides is 2. The maximum atomic E-state index is 12.5. The minimum atomic E-state index is -0.543. The zero-order chi connectivity index (χ0) is 17.9. The number of carbonyl (C=O) groups is 2. The maximum absolute atomic E-state index is 12.5. The fourth-order valence-corrected chi connectivity index (χ4v) is 3.49. The first-order valence-corrected chi connectivity index (χ1v) is 8.31. The molecule has 2 heterocycles. The van der Waals surface area contributed by atoms with Gasteiger partial charge in [0.05, 0.1) is 18.9 Å². The van der Waals surface area contributed by atoms with E-state index in [2.05, 4.69) is 5.32 Å². The molecule has 1 N–H and O–H groups in total. The van der Waals surface area contributed by atoms with Gasteiger partial charge in [0.1, 0.15) is 5.75 Å². The van der Waals surface area contributed by atoms with Gasteiger partial charge in [-0.2, -0.15) is 0 Å². The molecule has 1 saturated heterocycles. The molecule has 1 fully saturated rings. The van der Waals surface area contributed by atoms with Gasteiger partial charge in [-0.05, 0) is 31.0 Å². The third-order valence-electron chi connectivity index (χ3n) is 4.67. The van der Waals surface area contributed by atoms with Crippen LogP contribution in [0.2, 0.25) is 0 Å². The molecule has 132 valence electrons. The number of ether oxygens (including phenoxy) is 1. The van der Waals surface area contributed by atoms with Crippen molar-refractivity contribution in [2.75, 3.05) is 20.2 Å². The third-order valence-corrected chi connectivity index (χ3v) is 4.67. The molecule has 0 saturated carbocycles. The Hall–Kier alpha value is -2.76. The normalized spacial score (nSPS) is 16.3. The third kappa shape index (κ3) is 3.38. The second kappa shape index (κ2) is 7.01. The number of benzene rings is 1. The van der Waals surface area contributed by atoms with E-state index in [-0.39, 0.29) is 11.8 Å². The van der Waals surface area contributed by atoms with Gasteiger partial charge in [-0.3, -0.25) is 9.59 Å². The molecule has 0 aliphatic carbocycles. The molecule has 1 aromatic heterocycles. The Morgan fingerprint density at radius 3 is 2.48 bits per heavy atom. The second-order valence-corrected chi connectivity index (χ2v) is 6.23. The quantitative estimate of drug-likeness (QED) is 0.927. The number of hydrogen-bond acceptors (Lipinski definition) is 4. The molecule has 1 aliphatic heterocycles. The molecule has 2 amide bonds. The Morgan fingerprint density at radius 2 is 1.88 bits per heavy atom. The number of nitrogens with one attached hydrogen (secondary N) is 1. The van der Waals surface area contributed by atoms with Crippen LogP contribution >= 0.6 is 0 Å². The number of para-hydroxylation sites is 1. The summed E-state index contributed by atoms with van der Waals surface area (Å²) in [6.45, 7) is 2.56. The van der Waals surface area contributed by atoms with E-state index in [0.717, 1.165) is 11.3 Å². The average Bonchev–Trinajstić information content (AvgIpc) is 3.16. The van der Waals surface area contributed by atoms with E-state index in [1.807, 2.05) is 24.3 Å². The summed E-state index contributed by atoms with van der Waals surface area (Å²) < 4.78 is 10.7. The van der Waals surface area contributed by atoms with Gasteiger partial charge < -0.3 is 19.4 Å². The van der Waals surface area contributed by atoms with Crippen LogP contribution in [0.15, 0.2) is 47.1 Å². The summed E-state index contributed by atoms with van der Waals surface area (Å²) in [4.78, 5) is 26.1. The van der Waals surface area contributed by atoms with E-state index in [9.17, 15) is 9.59 Å². The van der Waals surface area contributed by atoms with Crippen molar-refractivity contribution in [3.63, 3.8) is 0 Å². The monoisotopic (exact) mass is 342 g/mol. The van der Waals surface area contributed by atoms with E-state index < -0.39 is 5.54 Å². The largest absolute Gasteiger partial charge is 0.496 e. The lowest BCUT2D eigenvalue weighted by Gasteiger charge is -2.42. The number of piperidine rings is 1. The van der Waals surface area contributed by atoms with Crippen molar-refractivity contribution in [1.29, 1.82) is 0 Å². The van der Waals surface area contributed by atoms with Crippen molar-refractivity contribution in [3.8, 4) is 5.75 Å². The molecule has 3 rings (SSSR count). The highest BCUT2D eigenvalue weighted by Gasteiger charge is 2.40. The predicted octanol–water partition coefficient (Wildman–Crippen LogP) is 2.56. The summed E-state index contributed by atoms with van der Waals surface area (Å²) in [6, 6.07) is 11.1. The predicted molar refractivity (Wildman–Crippen MR) is 92.3 cm³/mol. The van der Waals surface area contributed by atoms with E-state index >= 15 is 0 Å². The highest BCUT2D eigenvalue weighted by atomic mass is 16.5. The number of nitrogens with zero attached hydrogens (tertiary/aromatic N) is 1. The van der Waals surface area contributed by atoms with Crippen LogP contribution in [0, 0.1) is 0 Å². The van der Waals surface area contributed by atoms with Crippen LogP contribution in [0.25, 0.3) is 0 Å². The van der Waals surface area contributed by atoms with E-state index in [1.54, 1.807) is 24.1 Å². The number of furan rings is 1. The van der Waals surface area contributed by atoms with Crippen molar-refractivity contribution in [3.05, 3.63) is 54.0 Å². The molecule has 1 aromatic carbocycles. The van der Waals surface area contributed by atoms with E-state index in [0.29, 0.717) is 31.7 Å². The summed E-state index contributed by atoms with van der Waals surface area (Å²) in [6.07, 6.45) is 2.71. The van der Waals surface area contributed by atoms with Crippen LogP contribution in [0.3, 0.4) is 0 Å². The summed E-state index contributed by atoms with van der Waals surface area (Å²) in [5.41, 5.74) is 0.399. The zero-order valence-electron chi connectivity index (χ0n) is 14.5. The first-order chi connectivity index (χ1) is 12.1. The maximum Gasteiger partial charge on any atom is 0.289 e. The molecule has 0 atom stereocenters.